The molecule has 2 aliphatic rings. The van der Waals surface area contributed by atoms with Crippen molar-refractivity contribution >= 4 is 5.91 Å². The first-order chi connectivity index (χ1) is 7.25. The van der Waals surface area contributed by atoms with Gasteiger partial charge in [0.05, 0.1) is 6.54 Å². The number of carbonyl (C=O) groups excluding carboxylic acids is 1. The lowest BCUT2D eigenvalue weighted by Crippen LogP contribution is -2.41. The number of carbonyl (C=O) groups is 1. The lowest BCUT2D eigenvalue weighted by atomic mass is 9.97. The van der Waals surface area contributed by atoms with Crippen molar-refractivity contribution in [2.45, 2.75) is 31.7 Å². The fourth-order valence-electron chi connectivity index (χ4n) is 2.38. The van der Waals surface area contributed by atoms with Crippen molar-refractivity contribution in [2.24, 2.45) is 11.7 Å². The van der Waals surface area contributed by atoms with Gasteiger partial charge in [0.2, 0.25) is 5.91 Å². The van der Waals surface area contributed by atoms with Crippen LogP contribution in [0.15, 0.2) is 0 Å². The number of hydrogen-bond acceptors (Lipinski definition) is 3. The highest BCUT2D eigenvalue weighted by Gasteiger charge is 2.31. The molecule has 0 bridgehead atoms. The van der Waals surface area contributed by atoms with Crippen molar-refractivity contribution < 1.29 is 4.79 Å². The minimum absolute atomic E-state index is 0.184. The summed E-state index contributed by atoms with van der Waals surface area (Å²) in [5.74, 6) is 0.571. The van der Waals surface area contributed by atoms with E-state index in [4.69, 9.17) is 5.73 Å². The Kier molecular flexibility index (Phi) is 3.59. The van der Waals surface area contributed by atoms with Crippen LogP contribution in [0.1, 0.15) is 25.7 Å². The number of rotatable bonds is 5. The SMILES string of the molecule is NC(=O)CN(CC1CCNCC1)C1CC1. The molecule has 4 heteroatoms. The van der Waals surface area contributed by atoms with Crippen LogP contribution in [-0.2, 0) is 4.79 Å². The molecule has 1 heterocycles. The van der Waals surface area contributed by atoms with Gasteiger partial charge in [-0.3, -0.25) is 9.69 Å². The van der Waals surface area contributed by atoms with Gasteiger partial charge in [-0.15, -0.1) is 0 Å². The minimum atomic E-state index is -0.184. The molecule has 0 aromatic carbocycles. The highest BCUT2D eigenvalue weighted by Crippen LogP contribution is 2.28. The zero-order chi connectivity index (χ0) is 10.7. The van der Waals surface area contributed by atoms with Crippen LogP contribution in [0, 0.1) is 5.92 Å². The highest BCUT2D eigenvalue weighted by atomic mass is 16.1. The normalized spacial score (nSPS) is 23.3. The van der Waals surface area contributed by atoms with E-state index in [9.17, 15) is 4.79 Å². The number of nitrogens with zero attached hydrogens (tertiary/aromatic N) is 1. The van der Waals surface area contributed by atoms with Crippen molar-refractivity contribution in [3.05, 3.63) is 0 Å². The molecule has 0 spiro atoms. The van der Waals surface area contributed by atoms with Crippen molar-refractivity contribution in [2.75, 3.05) is 26.2 Å². The van der Waals surface area contributed by atoms with E-state index in [1.807, 2.05) is 0 Å². The summed E-state index contributed by atoms with van der Waals surface area (Å²) < 4.78 is 0. The van der Waals surface area contributed by atoms with Crippen LogP contribution >= 0.6 is 0 Å². The molecule has 2 fully saturated rings. The van der Waals surface area contributed by atoms with Gasteiger partial charge in [0.25, 0.3) is 0 Å². The number of hydrogen-bond donors (Lipinski definition) is 2. The summed E-state index contributed by atoms with van der Waals surface area (Å²) in [6.45, 7) is 3.77. The summed E-state index contributed by atoms with van der Waals surface area (Å²) in [5.41, 5.74) is 5.27. The second kappa shape index (κ2) is 4.94. The van der Waals surface area contributed by atoms with E-state index in [0.29, 0.717) is 12.6 Å². The van der Waals surface area contributed by atoms with E-state index < -0.39 is 0 Å². The van der Waals surface area contributed by atoms with Gasteiger partial charge in [-0.2, -0.15) is 0 Å². The Balaban J connectivity index is 1.79. The Morgan fingerprint density at radius 1 is 1.27 bits per heavy atom. The van der Waals surface area contributed by atoms with Gasteiger partial charge < -0.3 is 11.1 Å². The zero-order valence-corrected chi connectivity index (χ0v) is 9.24. The maximum Gasteiger partial charge on any atom is 0.231 e. The first kappa shape index (κ1) is 10.9. The number of nitrogens with two attached hydrogens (primary N) is 1. The van der Waals surface area contributed by atoms with Gasteiger partial charge in [0, 0.05) is 12.6 Å². The molecule has 1 saturated carbocycles. The molecule has 1 aliphatic carbocycles. The van der Waals surface area contributed by atoms with Crippen molar-refractivity contribution in [3.63, 3.8) is 0 Å². The van der Waals surface area contributed by atoms with E-state index in [-0.39, 0.29) is 5.91 Å². The summed E-state index contributed by atoms with van der Waals surface area (Å²) in [6, 6.07) is 0.646. The predicted molar refractivity (Wildman–Crippen MR) is 59.4 cm³/mol. The standard InChI is InChI=1S/C11H21N3O/c12-11(15)8-14(10-1-2-10)7-9-3-5-13-6-4-9/h9-10,13H,1-8H2,(H2,12,15). The molecule has 1 amide bonds. The summed E-state index contributed by atoms with van der Waals surface area (Å²) in [7, 11) is 0. The second-order valence-electron chi connectivity index (χ2n) is 4.82. The molecule has 4 nitrogen and oxygen atoms in total. The van der Waals surface area contributed by atoms with Crippen LogP contribution in [-0.4, -0.2) is 43.0 Å². The Bertz CT molecular complexity index is 222. The first-order valence-electron chi connectivity index (χ1n) is 5.99. The van der Waals surface area contributed by atoms with Gasteiger partial charge in [-0.05, 0) is 44.7 Å². The Hall–Kier alpha value is -0.610. The average molecular weight is 211 g/mol. The van der Waals surface area contributed by atoms with Crippen LogP contribution in [0.4, 0.5) is 0 Å². The maximum atomic E-state index is 11.0. The Morgan fingerprint density at radius 3 is 2.47 bits per heavy atom. The van der Waals surface area contributed by atoms with E-state index in [2.05, 4.69) is 10.2 Å². The number of primary amides is 1. The highest BCUT2D eigenvalue weighted by molar-refractivity contribution is 5.76. The largest absolute Gasteiger partial charge is 0.369 e. The maximum absolute atomic E-state index is 11.0. The molecule has 1 saturated heterocycles. The summed E-state index contributed by atoms with van der Waals surface area (Å²) >= 11 is 0. The molecule has 1 aliphatic heterocycles. The fourth-order valence-corrected chi connectivity index (χ4v) is 2.38. The predicted octanol–water partition coefficient (Wildman–Crippen LogP) is -0.0643. The smallest absolute Gasteiger partial charge is 0.231 e. The fraction of sp³-hybridized carbons (Fsp3) is 0.909. The lowest BCUT2D eigenvalue weighted by molar-refractivity contribution is -0.119. The Labute approximate surface area is 91.2 Å². The van der Waals surface area contributed by atoms with Crippen LogP contribution in [0.5, 0.6) is 0 Å². The second-order valence-corrected chi connectivity index (χ2v) is 4.82. The molecule has 2 rings (SSSR count). The van der Waals surface area contributed by atoms with Crippen molar-refractivity contribution in [1.29, 1.82) is 0 Å². The zero-order valence-electron chi connectivity index (χ0n) is 9.24. The first-order valence-corrected chi connectivity index (χ1v) is 5.99. The molecule has 86 valence electrons. The Morgan fingerprint density at radius 2 is 1.93 bits per heavy atom. The average Bonchev–Trinajstić information content (AvgIpc) is 3.01. The lowest BCUT2D eigenvalue weighted by Gasteiger charge is -2.29. The van der Waals surface area contributed by atoms with Gasteiger partial charge in [0.15, 0.2) is 0 Å². The quantitative estimate of drug-likeness (QED) is 0.669. The van der Waals surface area contributed by atoms with E-state index in [0.717, 1.165) is 25.6 Å². The number of nitrogens with one attached hydrogen (secondary N) is 1. The monoisotopic (exact) mass is 211 g/mol. The molecule has 0 radical (unpaired) electrons. The van der Waals surface area contributed by atoms with Crippen LogP contribution in [0.2, 0.25) is 0 Å². The van der Waals surface area contributed by atoms with E-state index in [1.165, 1.54) is 25.7 Å². The van der Waals surface area contributed by atoms with Gasteiger partial charge >= 0.3 is 0 Å². The van der Waals surface area contributed by atoms with Crippen molar-refractivity contribution in [3.8, 4) is 0 Å². The number of amides is 1. The van der Waals surface area contributed by atoms with Crippen molar-refractivity contribution in [1.82, 2.24) is 10.2 Å². The molecule has 0 aromatic heterocycles. The van der Waals surface area contributed by atoms with Crippen LogP contribution < -0.4 is 11.1 Å². The van der Waals surface area contributed by atoms with Gasteiger partial charge in [0.1, 0.15) is 0 Å². The third-order valence-corrected chi connectivity index (χ3v) is 3.37. The third kappa shape index (κ3) is 3.47. The van der Waals surface area contributed by atoms with Crippen LogP contribution in [0.3, 0.4) is 0 Å². The summed E-state index contributed by atoms with van der Waals surface area (Å²) in [6.07, 6.45) is 4.97. The molecular weight excluding hydrogens is 190 g/mol. The molecular formula is C11H21N3O. The summed E-state index contributed by atoms with van der Waals surface area (Å²) in [4.78, 5) is 13.2. The molecule has 3 N–H and O–H groups in total. The molecule has 0 aromatic rings. The third-order valence-electron chi connectivity index (χ3n) is 3.37. The van der Waals surface area contributed by atoms with Crippen LogP contribution in [0.25, 0.3) is 0 Å². The van der Waals surface area contributed by atoms with E-state index in [1.54, 1.807) is 0 Å². The van der Waals surface area contributed by atoms with Gasteiger partial charge in [-0.25, -0.2) is 0 Å². The molecule has 0 atom stereocenters. The topological polar surface area (TPSA) is 58.4 Å². The van der Waals surface area contributed by atoms with E-state index >= 15 is 0 Å². The molecule has 15 heavy (non-hydrogen) atoms. The number of piperidine rings is 1. The minimum Gasteiger partial charge on any atom is -0.369 e. The molecule has 0 unspecified atom stereocenters. The van der Waals surface area contributed by atoms with Gasteiger partial charge in [-0.1, -0.05) is 0 Å². The summed E-state index contributed by atoms with van der Waals surface area (Å²) in [5, 5.41) is 3.36.